The summed E-state index contributed by atoms with van der Waals surface area (Å²) in [5.74, 6) is -1.90. The zero-order chi connectivity index (χ0) is 6.78. The van der Waals surface area contributed by atoms with E-state index in [2.05, 4.69) is 11.9 Å². The van der Waals surface area contributed by atoms with Gasteiger partial charge in [0.25, 0.3) is 0 Å². The Morgan fingerprint density at radius 1 is 1.62 bits per heavy atom. The second-order valence-electron chi connectivity index (χ2n) is 1.70. The zero-order valence-electron chi connectivity index (χ0n) is 5.10. The summed E-state index contributed by atoms with van der Waals surface area (Å²) in [7, 11) is 1.44. The number of hydrogen-bond acceptors (Lipinski definition) is 3. The van der Waals surface area contributed by atoms with Crippen molar-refractivity contribution in [3.8, 4) is 0 Å². The summed E-state index contributed by atoms with van der Waals surface area (Å²) in [6.45, 7) is 4.86. The highest BCUT2D eigenvalue weighted by atomic mass is 16.5. The van der Waals surface area contributed by atoms with Crippen LogP contribution >= 0.6 is 0 Å². The highest BCUT2D eigenvalue weighted by Gasteiger charge is 2.19. The van der Waals surface area contributed by atoms with Crippen LogP contribution in [0.3, 0.4) is 0 Å². The van der Waals surface area contributed by atoms with Gasteiger partial charge in [0, 0.05) is 0 Å². The van der Waals surface area contributed by atoms with Gasteiger partial charge in [-0.05, 0) is 19.5 Å². The predicted molar refractivity (Wildman–Crippen MR) is 31.0 cm³/mol. The van der Waals surface area contributed by atoms with Crippen LogP contribution in [-0.4, -0.2) is 23.2 Å². The van der Waals surface area contributed by atoms with E-state index in [0.29, 0.717) is 0 Å². The first-order valence-electron chi connectivity index (χ1n) is 2.30. The second-order valence-corrected chi connectivity index (χ2v) is 1.70. The van der Waals surface area contributed by atoms with E-state index in [1.807, 2.05) is 0 Å². The van der Waals surface area contributed by atoms with E-state index >= 15 is 0 Å². The Bertz CT molecular complexity index is 98.6. The molecule has 8 heavy (non-hydrogen) atoms. The van der Waals surface area contributed by atoms with Crippen molar-refractivity contribution in [2.75, 3.05) is 7.05 Å². The summed E-state index contributed by atoms with van der Waals surface area (Å²) in [6.07, 6.45) is 0. The molecule has 0 saturated heterocycles. The summed E-state index contributed by atoms with van der Waals surface area (Å²) in [4.78, 5) is 0. The second kappa shape index (κ2) is 2.26. The van der Waals surface area contributed by atoms with Gasteiger partial charge in [-0.3, -0.25) is 5.32 Å². The number of hydrogen-bond donors (Lipinski definition) is 3. The molecule has 0 radical (unpaired) electrons. The van der Waals surface area contributed by atoms with Crippen molar-refractivity contribution in [2.45, 2.75) is 12.8 Å². The summed E-state index contributed by atoms with van der Waals surface area (Å²) in [5.41, 5.74) is 0.278. The van der Waals surface area contributed by atoms with Gasteiger partial charge in [0.1, 0.15) is 0 Å². The number of nitrogens with one attached hydrogen (secondary N) is 1. The summed E-state index contributed by atoms with van der Waals surface area (Å²) >= 11 is 0. The minimum absolute atomic E-state index is 0.278. The fourth-order valence-electron chi connectivity index (χ4n) is 0.213. The maximum Gasteiger partial charge on any atom is 0.245 e. The van der Waals surface area contributed by atoms with Crippen molar-refractivity contribution in [3.05, 3.63) is 12.2 Å². The van der Waals surface area contributed by atoms with Crippen LogP contribution in [0.15, 0.2) is 12.2 Å². The van der Waals surface area contributed by atoms with Gasteiger partial charge < -0.3 is 10.2 Å². The molecular formula is C5H11NO2. The molecule has 0 atom stereocenters. The molecule has 0 saturated carbocycles. The van der Waals surface area contributed by atoms with Crippen LogP contribution in [0.25, 0.3) is 0 Å². The molecule has 3 nitrogen and oxygen atoms in total. The molecule has 0 amide bonds. The van der Waals surface area contributed by atoms with Crippen LogP contribution in [0.2, 0.25) is 0 Å². The average molecular weight is 117 g/mol. The molecule has 0 spiro atoms. The smallest absolute Gasteiger partial charge is 0.245 e. The minimum Gasteiger partial charge on any atom is -0.350 e. The Morgan fingerprint density at radius 2 is 2.00 bits per heavy atom. The molecule has 0 fully saturated rings. The number of likely N-dealkylation sites (N-methyl/N-ethyl adjacent to an activating group) is 1. The molecule has 0 aliphatic rings. The third kappa shape index (κ3) is 1.61. The van der Waals surface area contributed by atoms with E-state index in [1.165, 1.54) is 14.0 Å². The van der Waals surface area contributed by atoms with Crippen LogP contribution in [0.4, 0.5) is 0 Å². The van der Waals surface area contributed by atoms with Gasteiger partial charge in [0.15, 0.2) is 0 Å². The molecule has 48 valence electrons. The predicted octanol–water partition coefficient (Wildman–Crippen LogP) is -0.580. The lowest BCUT2D eigenvalue weighted by molar-refractivity contribution is -0.147. The lowest BCUT2D eigenvalue weighted by atomic mass is 10.3. The molecule has 0 unspecified atom stereocenters. The normalized spacial score (nSPS) is 11.5. The van der Waals surface area contributed by atoms with Gasteiger partial charge in [-0.15, -0.1) is 0 Å². The zero-order valence-corrected chi connectivity index (χ0v) is 5.10. The van der Waals surface area contributed by atoms with Gasteiger partial charge in [-0.25, -0.2) is 0 Å². The van der Waals surface area contributed by atoms with Gasteiger partial charge in [0.2, 0.25) is 5.91 Å². The number of rotatable bonds is 2. The van der Waals surface area contributed by atoms with E-state index < -0.39 is 5.91 Å². The highest BCUT2D eigenvalue weighted by Crippen LogP contribution is 2.03. The molecule has 0 aromatic carbocycles. The molecule has 3 heteroatoms. The summed E-state index contributed by atoms with van der Waals surface area (Å²) in [6, 6.07) is 0. The lowest BCUT2D eigenvalue weighted by Crippen LogP contribution is -2.43. The standard InChI is InChI=1S/C5H11NO2/c1-4(2)5(7,8)6-3/h6-8H,1H2,2-3H3. The Hall–Kier alpha value is -0.380. The first-order chi connectivity index (χ1) is 3.50. The van der Waals surface area contributed by atoms with E-state index in [9.17, 15) is 0 Å². The van der Waals surface area contributed by atoms with Crippen molar-refractivity contribution < 1.29 is 10.2 Å². The largest absolute Gasteiger partial charge is 0.350 e. The molecule has 0 aromatic heterocycles. The topological polar surface area (TPSA) is 52.5 Å². The van der Waals surface area contributed by atoms with Crippen LogP contribution in [0, 0.1) is 0 Å². The van der Waals surface area contributed by atoms with Crippen molar-refractivity contribution in [2.24, 2.45) is 0 Å². The lowest BCUT2D eigenvalue weighted by Gasteiger charge is -2.19. The third-order valence-corrected chi connectivity index (χ3v) is 0.944. The summed E-state index contributed by atoms with van der Waals surface area (Å²) in [5, 5.41) is 19.7. The fraction of sp³-hybridized carbons (Fsp3) is 0.600. The van der Waals surface area contributed by atoms with E-state index in [1.54, 1.807) is 0 Å². The summed E-state index contributed by atoms with van der Waals surface area (Å²) < 4.78 is 0. The van der Waals surface area contributed by atoms with E-state index in [0.717, 1.165) is 0 Å². The number of aliphatic hydroxyl groups is 2. The SMILES string of the molecule is C=C(C)C(O)(O)NC. The van der Waals surface area contributed by atoms with Crippen LogP contribution in [0.1, 0.15) is 6.92 Å². The monoisotopic (exact) mass is 117 g/mol. The van der Waals surface area contributed by atoms with Crippen LogP contribution in [-0.2, 0) is 0 Å². The molecule has 0 rings (SSSR count). The molecule has 0 aliphatic heterocycles. The Kier molecular flexibility index (Phi) is 2.15. The van der Waals surface area contributed by atoms with E-state index in [4.69, 9.17) is 10.2 Å². The van der Waals surface area contributed by atoms with Crippen molar-refractivity contribution >= 4 is 0 Å². The molecule has 3 N–H and O–H groups in total. The molecule has 0 bridgehead atoms. The van der Waals surface area contributed by atoms with Crippen molar-refractivity contribution in [3.63, 3.8) is 0 Å². The average Bonchev–Trinajstić information content (AvgIpc) is 1.67. The minimum atomic E-state index is -1.90. The first kappa shape index (κ1) is 7.62. The van der Waals surface area contributed by atoms with Gasteiger partial charge in [-0.2, -0.15) is 0 Å². The highest BCUT2D eigenvalue weighted by molar-refractivity contribution is 4.99. The van der Waals surface area contributed by atoms with Gasteiger partial charge in [-0.1, -0.05) is 6.58 Å². The molecular weight excluding hydrogens is 106 g/mol. The maximum atomic E-state index is 8.75. The first-order valence-corrected chi connectivity index (χ1v) is 2.30. The van der Waals surface area contributed by atoms with Crippen LogP contribution in [0.5, 0.6) is 0 Å². The maximum absolute atomic E-state index is 8.75. The Labute approximate surface area is 48.6 Å². The molecule has 0 heterocycles. The quantitative estimate of drug-likeness (QED) is 0.335. The van der Waals surface area contributed by atoms with Gasteiger partial charge in [0.05, 0.1) is 0 Å². The van der Waals surface area contributed by atoms with Gasteiger partial charge >= 0.3 is 0 Å². The Morgan fingerprint density at radius 3 is 2.00 bits per heavy atom. The van der Waals surface area contributed by atoms with E-state index in [-0.39, 0.29) is 5.57 Å². The van der Waals surface area contributed by atoms with Crippen LogP contribution < -0.4 is 5.32 Å². The third-order valence-electron chi connectivity index (χ3n) is 0.944. The Balaban J connectivity index is 3.91. The molecule has 0 aromatic rings. The van der Waals surface area contributed by atoms with Crippen molar-refractivity contribution in [1.29, 1.82) is 0 Å². The molecule has 0 aliphatic carbocycles. The fourth-order valence-corrected chi connectivity index (χ4v) is 0.213. The van der Waals surface area contributed by atoms with Crippen molar-refractivity contribution in [1.82, 2.24) is 5.32 Å².